The largest absolute Gasteiger partial charge is 0.543 e. The second-order valence-corrected chi connectivity index (χ2v) is 22.8. The van der Waals surface area contributed by atoms with Crippen molar-refractivity contribution in [2.24, 2.45) is 23.7 Å². The Morgan fingerprint density at radius 3 is 2.35 bits per heavy atom. The van der Waals surface area contributed by atoms with E-state index in [0.29, 0.717) is 18.9 Å². The molecule has 2 heterocycles. The van der Waals surface area contributed by atoms with Crippen LogP contribution in [0.5, 0.6) is 5.75 Å². The number of ether oxygens (including phenoxy) is 4. The fourth-order valence-corrected chi connectivity index (χ4v) is 8.70. The summed E-state index contributed by atoms with van der Waals surface area (Å²) >= 11 is 0. The number of rotatable bonds is 17. The standard InChI is InChI=1S/C39H66O8SSi/c1-9-15-29(2)24-32(45-37-18-10-12-22-42-37)20-21-34-35(26-30-16-14-17-33(25-30)47-49(7,8)39(3,4)5)31(28-44-48(6,40)41)27-36(34)46-38-19-11-13-23-43-38/h14,16-17,20-21,25,29,31-32,34-38H,9-13,15,18-19,22-24,26-28H2,1-8H3/b21-20+/t29-,31+,32+,34+,35-,36+,37-,38-/m0/s1. The average molecular weight is 723 g/mol. The zero-order chi connectivity index (χ0) is 35.7. The normalized spacial score (nSPS) is 28.5. The van der Waals surface area contributed by atoms with Crippen molar-refractivity contribution >= 4 is 18.4 Å². The molecule has 0 bridgehead atoms. The third-order valence-corrected chi connectivity index (χ3v) is 15.9. The third kappa shape index (κ3) is 13.0. The topological polar surface area (TPSA) is 89.5 Å². The Labute approximate surface area is 299 Å². The van der Waals surface area contributed by atoms with Crippen LogP contribution in [0.3, 0.4) is 0 Å². The summed E-state index contributed by atoms with van der Waals surface area (Å²) in [5.74, 6) is 1.48. The van der Waals surface area contributed by atoms with Crippen LogP contribution >= 0.6 is 0 Å². The zero-order valence-corrected chi connectivity index (χ0v) is 33.5. The van der Waals surface area contributed by atoms with Crippen LogP contribution in [0.25, 0.3) is 0 Å². The van der Waals surface area contributed by atoms with Crippen LogP contribution in [-0.2, 0) is 39.7 Å². The van der Waals surface area contributed by atoms with E-state index in [0.717, 1.165) is 82.8 Å². The maximum absolute atomic E-state index is 12.2. The molecule has 8 atom stereocenters. The Hall–Kier alpha value is -1.27. The molecule has 0 N–H and O–H groups in total. The minimum atomic E-state index is -3.61. The molecule has 3 aliphatic rings. The molecule has 4 rings (SSSR count). The Morgan fingerprint density at radius 1 is 1.04 bits per heavy atom. The molecule has 1 saturated carbocycles. The maximum Gasteiger partial charge on any atom is 0.264 e. The van der Waals surface area contributed by atoms with Gasteiger partial charge in [-0.3, -0.25) is 4.18 Å². The Balaban J connectivity index is 1.66. The van der Waals surface area contributed by atoms with Gasteiger partial charge in [-0.25, -0.2) is 0 Å². The highest BCUT2D eigenvalue weighted by molar-refractivity contribution is 7.85. The van der Waals surface area contributed by atoms with E-state index in [-0.39, 0.29) is 54.2 Å². The van der Waals surface area contributed by atoms with Gasteiger partial charge < -0.3 is 23.4 Å². The SMILES string of the molecule is CCC[C@H](C)C[C@@H](/C=C/[C@@H]1[C@@H](Cc2cccc(O[Si](C)(C)C(C)(C)C)c2)[C@@H](COS(C)(=O)=O)C[C@H]1O[C@H]1CCCCO1)O[C@H]1CCCCO1. The monoisotopic (exact) mass is 722 g/mol. The van der Waals surface area contributed by atoms with Crippen molar-refractivity contribution in [1.82, 2.24) is 0 Å². The van der Waals surface area contributed by atoms with Gasteiger partial charge in [0.2, 0.25) is 8.32 Å². The maximum atomic E-state index is 12.2. The van der Waals surface area contributed by atoms with Crippen molar-refractivity contribution in [2.75, 3.05) is 26.1 Å². The summed E-state index contributed by atoms with van der Waals surface area (Å²) in [4.78, 5) is 0. The predicted octanol–water partition coefficient (Wildman–Crippen LogP) is 9.05. The predicted molar refractivity (Wildman–Crippen MR) is 199 cm³/mol. The summed E-state index contributed by atoms with van der Waals surface area (Å²) < 4.78 is 62.1. The molecule has 0 amide bonds. The molecule has 2 saturated heterocycles. The summed E-state index contributed by atoms with van der Waals surface area (Å²) in [6.07, 6.45) is 15.8. The molecule has 0 spiro atoms. The molecule has 280 valence electrons. The van der Waals surface area contributed by atoms with Gasteiger partial charge in [0.05, 0.1) is 25.1 Å². The van der Waals surface area contributed by atoms with Crippen LogP contribution in [0.15, 0.2) is 36.4 Å². The second kappa shape index (κ2) is 18.5. The van der Waals surface area contributed by atoms with Crippen molar-refractivity contribution in [3.05, 3.63) is 42.0 Å². The lowest BCUT2D eigenvalue weighted by Gasteiger charge is -2.36. The van der Waals surface area contributed by atoms with Crippen LogP contribution in [0.2, 0.25) is 18.1 Å². The Bertz CT molecular complexity index is 1270. The van der Waals surface area contributed by atoms with Gasteiger partial charge in [0, 0.05) is 19.1 Å². The van der Waals surface area contributed by atoms with E-state index in [4.69, 9.17) is 27.6 Å². The number of hydrogen-bond acceptors (Lipinski definition) is 8. The molecule has 0 unspecified atom stereocenters. The molecule has 10 heteroatoms. The van der Waals surface area contributed by atoms with Crippen molar-refractivity contribution < 1.29 is 36.0 Å². The average Bonchev–Trinajstić information content (AvgIpc) is 3.34. The van der Waals surface area contributed by atoms with E-state index in [2.05, 4.69) is 84.1 Å². The molecular formula is C39H66O8SSi. The van der Waals surface area contributed by atoms with Crippen LogP contribution < -0.4 is 4.43 Å². The van der Waals surface area contributed by atoms with E-state index in [1.807, 2.05) is 0 Å². The van der Waals surface area contributed by atoms with Crippen LogP contribution in [0.4, 0.5) is 0 Å². The molecule has 2 aliphatic heterocycles. The van der Waals surface area contributed by atoms with Gasteiger partial charge in [0.1, 0.15) is 5.75 Å². The Kier molecular flexibility index (Phi) is 15.3. The molecule has 1 aromatic carbocycles. The highest BCUT2D eigenvalue weighted by atomic mass is 32.2. The smallest absolute Gasteiger partial charge is 0.264 e. The zero-order valence-electron chi connectivity index (χ0n) is 31.7. The summed E-state index contributed by atoms with van der Waals surface area (Å²) in [6.45, 7) is 17.4. The quantitative estimate of drug-likeness (QED) is 0.0894. The first-order valence-corrected chi connectivity index (χ1v) is 23.7. The molecule has 1 aliphatic carbocycles. The molecule has 0 aromatic heterocycles. The summed E-state index contributed by atoms with van der Waals surface area (Å²) in [7, 11) is -5.63. The van der Waals surface area contributed by atoms with Crippen LogP contribution in [-0.4, -0.2) is 67.6 Å². The van der Waals surface area contributed by atoms with E-state index < -0.39 is 18.4 Å². The van der Waals surface area contributed by atoms with E-state index >= 15 is 0 Å². The van der Waals surface area contributed by atoms with Gasteiger partial charge >= 0.3 is 0 Å². The number of benzene rings is 1. The summed E-state index contributed by atoms with van der Waals surface area (Å²) in [5, 5.41) is 0.0834. The first kappa shape index (κ1) is 40.5. The van der Waals surface area contributed by atoms with Gasteiger partial charge in [0.15, 0.2) is 12.6 Å². The lowest BCUT2D eigenvalue weighted by atomic mass is 9.83. The van der Waals surface area contributed by atoms with Crippen molar-refractivity contribution in [3.63, 3.8) is 0 Å². The van der Waals surface area contributed by atoms with E-state index in [1.165, 1.54) is 5.56 Å². The number of hydrogen-bond donors (Lipinski definition) is 0. The first-order valence-electron chi connectivity index (χ1n) is 19.0. The lowest BCUT2D eigenvalue weighted by molar-refractivity contribution is -0.193. The van der Waals surface area contributed by atoms with Crippen LogP contribution in [0.1, 0.15) is 104 Å². The minimum absolute atomic E-state index is 0.0171. The van der Waals surface area contributed by atoms with Crippen molar-refractivity contribution in [3.8, 4) is 5.75 Å². The summed E-state index contributed by atoms with van der Waals surface area (Å²) in [5.41, 5.74) is 1.17. The third-order valence-electron chi connectivity index (χ3n) is 11.0. The molecular weight excluding hydrogens is 657 g/mol. The van der Waals surface area contributed by atoms with Crippen molar-refractivity contribution in [2.45, 2.75) is 148 Å². The molecule has 49 heavy (non-hydrogen) atoms. The Morgan fingerprint density at radius 2 is 1.73 bits per heavy atom. The van der Waals surface area contributed by atoms with Gasteiger partial charge in [0.25, 0.3) is 10.1 Å². The van der Waals surface area contributed by atoms with Gasteiger partial charge in [-0.1, -0.05) is 71.7 Å². The highest BCUT2D eigenvalue weighted by Gasteiger charge is 2.45. The van der Waals surface area contributed by atoms with E-state index in [9.17, 15) is 8.42 Å². The molecule has 0 radical (unpaired) electrons. The van der Waals surface area contributed by atoms with E-state index in [1.54, 1.807) is 0 Å². The molecule has 1 aromatic rings. The molecule has 3 fully saturated rings. The highest BCUT2D eigenvalue weighted by Crippen LogP contribution is 2.44. The summed E-state index contributed by atoms with van der Waals surface area (Å²) in [6, 6.07) is 8.46. The van der Waals surface area contributed by atoms with Crippen LogP contribution in [0, 0.1) is 23.7 Å². The fourth-order valence-electron chi connectivity index (χ4n) is 7.26. The van der Waals surface area contributed by atoms with Crippen molar-refractivity contribution in [1.29, 1.82) is 0 Å². The first-order chi connectivity index (χ1) is 23.1. The molecule has 8 nitrogen and oxygen atoms in total. The van der Waals surface area contributed by atoms with Gasteiger partial charge in [-0.05, 0) is 111 Å². The minimum Gasteiger partial charge on any atom is -0.543 e. The lowest BCUT2D eigenvalue weighted by Crippen LogP contribution is -2.43. The van der Waals surface area contributed by atoms with Gasteiger partial charge in [-0.2, -0.15) is 8.42 Å². The van der Waals surface area contributed by atoms with Gasteiger partial charge in [-0.15, -0.1) is 0 Å². The second-order valence-electron chi connectivity index (χ2n) is 16.4. The fraction of sp³-hybridized carbons (Fsp3) is 0.795.